The van der Waals surface area contributed by atoms with E-state index in [0.717, 1.165) is 20.4 Å². The van der Waals surface area contributed by atoms with Crippen LogP contribution in [0.1, 0.15) is 18.7 Å². The summed E-state index contributed by atoms with van der Waals surface area (Å²) in [6.07, 6.45) is 1.66. The second-order valence-corrected chi connectivity index (χ2v) is 5.94. The van der Waals surface area contributed by atoms with Gasteiger partial charge in [0.25, 0.3) is 0 Å². The number of rotatable bonds is 4. The number of ether oxygens (including phenoxy) is 2. The fourth-order valence-corrected chi connectivity index (χ4v) is 2.48. The van der Waals surface area contributed by atoms with Gasteiger partial charge in [0.2, 0.25) is 0 Å². The molecule has 2 N–H and O–H groups in total. The Hall–Kier alpha value is -1.11. The fraction of sp³-hybridized carbons (Fsp3) is 0.214. The number of hydrogen-bond acceptors (Lipinski definition) is 4. The highest BCUT2D eigenvalue weighted by molar-refractivity contribution is 9.11. The molecular formula is C14H14Br2N2O2. The molecule has 2 aromatic rings. The summed E-state index contributed by atoms with van der Waals surface area (Å²) in [4.78, 5) is 4.26. The fourth-order valence-electron chi connectivity index (χ4n) is 1.59. The van der Waals surface area contributed by atoms with Crippen molar-refractivity contribution in [3.05, 3.63) is 45.1 Å². The van der Waals surface area contributed by atoms with E-state index in [9.17, 15) is 0 Å². The van der Waals surface area contributed by atoms with Crippen molar-refractivity contribution in [3.63, 3.8) is 0 Å². The van der Waals surface area contributed by atoms with E-state index in [2.05, 4.69) is 36.8 Å². The lowest BCUT2D eigenvalue weighted by atomic mass is 10.2. The molecule has 0 unspecified atom stereocenters. The van der Waals surface area contributed by atoms with Crippen molar-refractivity contribution in [1.82, 2.24) is 4.98 Å². The minimum absolute atomic E-state index is 0.0917. The monoisotopic (exact) mass is 400 g/mol. The van der Waals surface area contributed by atoms with Crippen LogP contribution >= 0.6 is 31.9 Å². The second kappa shape index (κ2) is 6.56. The van der Waals surface area contributed by atoms with E-state index in [1.807, 2.05) is 31.2 Å². The molecule has 0 bridgehead atoms. The number of methoxy groups -OCH3 is 1. The molecular weight excluding hydrogens is 388 g/mol. The number of hydrogen-bond donors (Lipinski definition) is 1. The summed E-state index contributed by atoms with van der Waals surface area (Å²) in [5.41, 5.74) is 6.59. The van der Waals surface area contributed by atoms with E-state index >= 15 is 0 Å². The lowest BCUT2D eigenvalue weighted by Crippen LogP contribution is -2.06. The van der Waals surface area contributed by atoms with Gasteiger partial charge in [-0.1, -0.05) is 0 Å². The van der Waals surface area contributed by atoms with Crippen molar-refractivity contribution >= 4 is 31.9 Å². The van der Waals surface area contributed by atoms with Crippen molar-refractivity contribution in [3.8, 4) is 17.2 Å². The van der Waals surface area contributed by atoms with Gasteiger partial charge in [-0.2, -0.15) is 0 Å². The normalized spacial score (nSPS) is 12.1. The molecule has 0 aliphatic heterocycles. The number of nitrogens with two attached hydrogens (primary N) is 1. The van der Waals surface area contributed by atoms with Crippen LogP contribution in [0.15, 0.2) is 39.4 Å². The number of nitrogens with zero attached hydrogens (tertiary/aromatic N) is 1. The van der Waals surface area contributed by atoms with Gasteiger partial charge in [0, 0.05) is 6.04 Å². The summed E-state index contributed by atoms with van der Waals surface area (Å²) in [5, 5.41) is 0. The summed E-state index contributed by atoms with van der Waals surface area (Å²) < 4.78 is 12.6. The number of benzene rings is 1. The molecule has 4 nitrogen and oxygen atoms in total. The Labute approximate surface area is 134 Å². The largest absolute Gasteiger partial charge is 0.496 e. The Kier molecular flexibility index (Phi) is 5.01. The molecule has 0 saturated heterocycles. The Bertz CT molecular complexity index is 601. The topological polar surface area (TPSA) is 57.4 Å². The summed E-state index contributed by atoms with van der Waals surface area (Å²) in [5.74, 6) is 2.05. The van der Waals surface area contributed by atoms with E-state index in [1.54, 1.807) is 13.3 Å². The molecule has 0 fully saturated rings. The van der Waals surface area contributed by atoms with Gasteiger partial charge in [0.05, 0.1) is 27.9 Å². The van der Waals surface area contributed by atoms with Crippen LogP contribution in [-0.4, -0.2) is 12.1 Å². The van der Waals surface area contributed by atoms with Gasteiger partial charge < -0.3 is 15.2 Å². The molecule has 0 spiro atoms. The van der Waals surface area contributed by atoms with Crippen LogP contribution in [0.25, 0.3) is 0 Å². The standard InChI is InChI=1S/C14H14Br2N2O2/c1-8(17)12-4-3-9(7-18-12)20-14-6-10(15)13(19-2)5-11(14)16/h3-8H,17H2,1-2H3/t8-/m0/s1. The van der Waals surface area contributed by atoms with Crippen molar-refractivity contribution in [2.45, 2.75) is 13.0 Å². The highest BCUT2D eigenvalue weighted by atomic mass is 79.9. The van der Waals surface area contributed by atoms with Crippen LogP contribution in [-0.2, 0) is 0 Å². The zero-order valence-electron chi connectivity index (χ0n) is 11.1. The summed E-state index contributed by atoms with van der Waals surface area (Å²) in [6.45, 7) is 1.89. The first kappa shape index (κ1) is 15.3. The highest BCUT2D eigenvalue weighted by Crippen LogP contribution is 2.38. The Morgan fingerprint density at radius 3 is 2.35 bits per heavy atom. The molecule has 1 aromatic carbocycles. The third-order valence-corrected chi connectivity index (χ3v) is 3.90. The smallest absolute Gasteiger partial charge is 0.145 e. The molecule has 0 aliphatic rings. The molecule has 0 aliphatic carbocycles. The molecule has 106 valence electrons. The zero-order valence-corrected chi connectivity index (χ0v) is 14.2. The van der Waals surface area contributed by atoms with Crippen LogP contribution < -0.4 is 15.2 Å². The molecule has 1 aromatic heterocycles. The first-order chi connectivity index (χ1) is 9.51. The first-order valence-corrected chi connectivity index (χ1v) is 7.52. The highest BCUT2D eigenvalue weighted by Gasteiger charge is 2.10. The van der Waals surface area contributed by atoms with Crippen LogP contribution in [0, 0.1) is 0 Å². The average molecular weight is 402 g/mol. The van der Waals surface area contributed by atoms with Gasteiger partial charge in [-0.25, -0.2) is 0 Å². The first-order valence-electron chi connectivity index (χ1n) is 5.93. The molecule has 6 heteroatoms. The van der Waals surface area contributed by atoms with Crippen molar-refractivity contribution in [2.75, 3.05) is 7.11 Å². The van der Waals surface area contributed by atoms with Gasteiger partial charge in [-0.3, -0.25) is 4.98 Å². The van der Waals surface area contributed by atoms with E-state index < -0.39 is 0 Å². The van der Waals surface area contributed by atoms with Crippen LogP contribution in [0.2, 0.25) is 0 Å². The van der Waals surface area contributed by atoms with Crippen molar-refractivity contribution in [1.29, 1.82) is 0 Å². The van der Waals surface area contributed by atoms with Gasteiger partial charge in [0.15, 0.2) is 0 Å². The van der Waals surface area contributed by atoms with Gasteiger partial charge in [-0.15, -0.1) is 0 Å². The molecule has 20 heavy (non-hydrogen) atoms. The molecule has 0 radical (unpaired) electrons. The predicted octanol–water partition coefficient (Wildman–Crippen LogP) is 4.43. The molecule has 0 saturated carbocycles. The third-order valence-electron chi connectivity index (χ3n) is 2.66. The average Bonchev–Trinajstić information content (AvgIpc) is 2.43. The van der Waals surface area contributed by atoms with Crippen LogP contribution in [0.4, 0.5) is 0 Å². The Morgan fingerprint density at radius 2 is 1.80 bits per heavy atom. The molecule has 1 heterocycles. The zero-order chi connectivity index (χ0) is 14.7. The maximum Gasteiger partial charge on any atom is 0.145 e. The van der Waals surface area contributed by atoms with E-state index in [-0.39, 0.29) is 6.04 Å². The Morgan fingerprint density at radius 1 is 1.15 bits per heavy atom. The van der Waals surface area contributed by atoms with Crippen molar-refractivity contribution < 1.29 is 9.47 Å². The van der Waals surface area contributed by atoms with Crippen LogP contribution in [0.3, 0.4) is 0 Å². The van der Waals surface area contributed by atoms with E-state index in [4.69, 9.17) is 15.2 Å². The summed E-state index contributed by atoms with van der Waals surface area (Å²) >= 11 is 6.88. The predicted molar refractivity (Wildman–Crippen MR) is 85.3 cm³/mol. The minimum Gasteiger partial charge on any atom is -0.496 e. The van der Waals surface area contributed by atoms with Gasteiger partial charge >= 0.3 is 0 Å². The second-order valence-electron chi connectivity index (χ2n) is 4.23. The van der Waals surface area contributed by atoms with Gasteiger partial charge in [0.1, 0.15) is 17.2 Å². The lowest BCUT2D eigenvalue weighted by molar-refractivity contribution is 0.409. The number of aromatic nitrogens is 1. The number of pyridine rings is 1. The van der Waals surface area contributed by atoms with E-state index in [0.29, 0.717) is 11.5 Å². The third kappa shape index (κ3) is 3.50. The van der Waals surface area contributed by atoms with Gasteiger partial charge in [-0.05, 0) is 63.0 Å². The van der Waals surface area contributed by atoms with Crippen LogP contribution in [0.5, 0.6) is 17.2 Å². The molecule has 1 atom stereocenters. The SMILES string of the molecule is COc1cc(Br)c(Oc2ccc([C@H](C)N)nc2)cc1Br. The number of halogens is 2. The Balaban J connectivity index is 2.23. The maximum absolute atomic E-state index is 5.79. The summed E-state index contributed by atoms with van der Waals surface area (Å²) in [7, 11) is 1.61. The maximum atomic E-state index is 5.79. The minimum atomic E-state index is -0.0917. The molecule has 0 amide bonds. The quantitative estimate of drug-likeness (QED) is 0.823. The lowest BCUT2D eigenvalue weighted by Gasteiger charge is -2.11. The van der Waals surface area contributed by atoms with E-state index in [1.165, 1.54) is 0 Å². The van der Waals surface area contributed by atoms with Crippen molar-refractivity contribution in [2.24, 2.45) is 5.73 Å². The summed E-state index contributed by atoms with van der Waals surface area (Å²) in [6, 6.07) is 7.28. The molecule has 2 rings (SSSR count).